The predicted octanol–water partition coefficient (Wildman–Crippen LogP) is 1.86. The summed E-state index contributed by atoms with van der Waals surface area (Å²) in [6.07, 6.45) is 5.90. The van der Waals surface area contributed by atoms with Crippen molar-refractivity contribution in [3.8, 4) is 0 Å². The molecule has 5 rings (SSSR count). The van der Waals surface area contributed by atoms with Crippen LogP contribution in [0.4, 0.5) is 5.82 Å². The number of hydrogen-bond donors (Lipinski definition) is 0. The summed E-state index contributed by atoms with van der Waals surface area (Å²) in [5.74, 6) is 1.57. The smallest absolute Gasteiger partial charge is 0.204 e. The van der Waals surface area contributed by atoms with Gasteiger partial charge in [-0.25, -0.2) is 9.97 Å². The number of fused-ring (bicyclic) bond motifs is 4. The lowest BCUT2D eigenvalue weighted by atomic mass is 9.93. The molecule has 0 saturated carbocycles. The number of likely N-dealkylation sites (N-methyl/N-ethyl adjacent to an activating group) is 1. The van der Waals surface area contributed by atoms with E-state index < -0.39 is 0 Å². The largest absolute Gasteiger partial charge is 0.351 e. The second-order valence-corrected chi connectivity index (χ2v) is 7.25. The Bertz CT molecular complexity index is 923. The fraction of sp³-hybridized carbons (Fsp3) is 0.500. The van der Waals surface area contributed by atoms with E-state index >= 15 is 0 Å². The molecule has 0 aromatic carbocycles. The van der Waals surface area contributed by atoms with Crippen LogP contribution in [-0.4, -0.2) is 62.2 Å². The summed E-state index contributed by atoms with van der Waals surface area (Å²) in [5, 5.41) is 8.97. The highest BCUT2D eigenvalue weighted by Gasteiger charge is 2.38. The Morgan fingerprint density at radius 3 is 3.08 bits per heavy atom. The molecule has 2 aliphatic heterocycles. The summed E-state index contributed by atoms with van der Waals surface area (Å²) in [6.45, 7) is 3.18. The lowest BCUT2D eigenvalue weighted by molar-refractivity contribution is 0.158. The first kappa shape index (κ1) is 14.4. The highest BCUT2D eigenvalue weighted by Crippen LogP contribution is 2.34. The van der Waals surface area contributed by atoms with E-state index in [1.165, 1.54) is 19.4 Å². The third-order valence-corrected chi connectivity index (χ3v) is 5.60. The van der Waals surface area contributed by atoms with Gasteiger partial charge in [-0.2, -0.15) is 0 Å². The number of pyridine rings is 1. The van der Waals surface area contributed by atoms with E-state index in [1.807, 2.05) is 10.5 Å². The van der Waals surface area contributed by atoms with Crippen LogP contribution in [0, 0.1) is 5.92 Å². The molecule has 2 fully saturated rings. The second kappa shape index (κ2) is 5.26. The minimum Gasteiger partial charge on any atom is -0.351 e. The lowest BCUT2D eigenvalue weighted by Crippen LogP contribution is -2.42. The molecule has 7 nitrogen and oxygen atoms in total. The van der Waals surface area contributed by atoms with Gasteiger partial charge >= 0.3 is 0 Å². The van der Waals surface area contributed by atoms with Crippen LogP contribution >= 0.6 is 11.6 Å². The number of rotatable bonds is 1. The van der Waals surface area contributed by atoms with Crippen LogP contribution in [0.15, 0.2) is 18.6 Å². The van der Waals surface area contributed by atoms with Gasteiger partial charge in [-0.1, -0.05) is 11.6 Å². The number of piperidine rings is 1. The monoisotopic (exact) mass is 343 g/mol. The molecule has 5 heterocycles. The molecule has 0 aliphatic carbocycles. The molecule has 2 aliphatic rings. The molecule has 3 aromatic rings. The first-order valence-electron chi connectivity index (χ1n) is 8.31. The van der Waals surface area contributed by atoms with E-state index in [2.05, 4.69) is 32.0 Å². The molecule has 0 radical (unpaired) electrons. The van der Waals surface area contributed by atoms with Gasteiger partial charge in [0.2, 0.25) is 5.65 Å². The van der Waals surface area contributed by atoms with Crippen molar-refractivity contribution in [3.05, 3.63) is 23.6 Å². The summed E-state index contributed by atoms with van der Waals surface area (Å²) in [5.41, 5.74) is 2.28. The fourth-order valence-electron chi connectivity index (χ4n) is 4.19. The minimum atomic E-state index is 0.584. The Labute approximate surface area is 144 Å². The predicted molar refractivity (Wildman–Crippen MR) is 92.4 cm³/mol. The summed E-state index contributed by atoms with van der Waals surface area (Å²) in [7, 11) is 2.23. The molecule has 2 saturated heterocycles. The van der Waals surface area contributed by atoms with Gasteiger partial charge in [0.25, 0.3) is 0 Å². The first-order valence-corrected chi connectivity index (χ1v) is 8.68. The van der Waals surface area contributed by atoms with Gasteiger partial charge in [0.15, 0.2) is 11.5 Å². The number of halogens is 1. The van der Waals surface area contributed by atoms with Gasteiger partial charge in [0.1, 0.15) is 6.33 Å². The van der Waals surface area contributed by atoms with Crippen molar-refractivity contribution in [2.45, 2.75) is 18.9 Å². The Hall–Kier alpha value is -1.99. The average molecular weight is 344 g/mol. The standard InChI is InChI=1S/C16H18ClN7/c1-22-4-2-3-10-7-23(8-13(10)22)15-16-21-19-9-24(16)12-5-11(17)6-18-14(12)20-15/h5-6,9-10,13H,2-4,7-8H2,1H3. The van der Waals surface area contributed by atoms with E-state index in [0.717, 1.165) is 30.1 Å². The van der Waals surface area contributed by atoms with E-state index in [4.69, 9.17) is 16.6 Å². The van der Waals surface area contributed by atoms with Gasteiger partial charge in [-0.05, 0) is 38.4 Å². The molecule has 124 valence electrons. The van der Waals surface area contributed by atoms with Gasteiger partial charge < -0.3 is 9.80 Å². The first-order chi connectivity index (χ1) is 11.7. The molecule has 3 aromatic heterocycles. The van der Waals surface area contributed by atoms with E-state index in [0.29, 0.717) is 22.6 Å². The number of hydrogen-bond acceptors (Lipinski definition) is 6. The summed E-state index contributed by atoms with van der Waals surface area (Å²) in [4.78, 5) is 14.0. The molecule has 0 amide bonds. The van der Waals surface area contributed by atoms with Crippen molar-refractivity contribution in [2.24, 2.45) is 5.92 Å². The molecule has 2 unspecified atom stereocenters. The molecule has 0 N–H and O–H groups in total. The van der Waals surface area contributed by atoms with Crippen LogP contribution in [0.2, 0.25) is 5.02 Å². The van der Waals surface area contributed by atoms with Crippen LogP contribution in [-0.2, 0) is 0 Å². The van der Waals surface area contributed by atoms with Crippen molar-refractivity contribution in [1.29, 1.82) is 0 Å². The van der Waals surface area contributed by atoms with Crippen LogP contribution in [0.25, 0.3) is 16.8 Å². The third-order valence-electron chi connectivity index (χ3n) is 5.39. The topological polar surface area (TPSA) is 62.5 Å². The molecule has 2 atom stereocenters. The maximum atomic E-state index is 6.09. The number of aromatic nitrogens is 5. The van der Waals surface area contributed by atoms with Crippen molar-refractivity contribution in [1.82, 2.24) is 29.5 Å². The number of nitrogens with zero attached hydrogens (tertiary/aromatic N) is 7. The van der Waals surface area contributed by atoms with Gasteiger partial charge in [-0.3, -0.25) is 4.40 Å². The maximum Gasteiger partial charge on any atom is 0.204 e. The van der Waals surface area contributed by atoms with Crippen LogP contribution in [0.3, 0.4) is 0 Å². The van der Waals surface area contributed by atoms with E-state index in [-0.39, 0.29) is 0 Å². The van der Waals surface area contributed by atoms with Gasteiger partial charge in [0.05, 0.1) is 10.5 Å². The highest BCUT2D eigenvalue weighted by molar-refractivity contribution is 6.31. The van der Waals surface area contributed by atoms with Crippen molar-refractivity contribution in [3.63, 3.8) is 0 Å². The average Bonchev–Trinajstić information content (AvgIpc) is 3.22. The summed E-state index contributed by atoms with van der Waals surface area (Å²) >= 11 is 6.09. The van der Waals surface area contributed by atoms with Crippen molar-refractivity contribution >= 4 is 34.2 Å². The zero-order chi connectivity index (χ0) is 16.3. The zero-order valence-corrected chi connectivity index (χ0v) is 14.2. The lowest BCUT2D eigenvalue weighted by Gasteiger charge is -2.33. The van der Waals surface area contributed by atoms with Crippen LogP contribution in [0.5, 0.6) is 0 Å². The highest BCUT2D eigenvalue weighted by atomic mass is 35.5. The molecule has 24 heavy (non-hydrogen) atoms. The SMILES string of the molecule is CN1CCCC2CN(c3nc4ncc(Cl)cc4n4cnnc34)CC21. The Morgan fingerprint density at radius 2 is 2.21 bits per heavy atom. The molecular weight excluding hydrogens is 326 g/mol. The number of anilines is 1. The summed E-state index contributed by atoms with van der Waals surface area (Å²) < 4.78 is 1.93. The van der Waals surface area contributed by atoms with Crippen LogP contribution in [0.1, 0.15) is 12.8 Å². The normalized spacial score (nSPS) is 24.8. The van der Waals surface area contributed by atoms with Gasteiger partial charge in [0, 0.05) is 25.3 Å². The third kappa shape index (κ3) is 2.08. The Morgan fingerprint density at radius 1 is 1.29 bits per heavy atom. The number of likely N-dealkylation sites (tertiary alicyclic amines) is 1. The van der Waals surface area contributed by atoms with E-state index in [9.17, 15) is 0 Å². The quantitative estimate of drug-likeness (QED) is 0.672. The minimum absolute atomic E-state index is 0.584. The zero-order valence-electron chi connectivity index (χ0n) is 13.4. The Balaban J connectivity index is 1.64. The summed E-state index contributed by atoms with van der Waals surface area (Å²) in [6, 6.07) is 2.45. The van der Waals surface area contributed by atoms with Crippen LogP contribution < -0.4 is 4.90 Å². The second-order valence-electron chi connectivity index (χ2n) is 6.81. The fourth-order valence-corrected chi connectivity index (χ4v) is 4.34. The molecule has 8 heteroatoms. The van der Waals surface area contributed by atoms with Gasteiger partial charge in [-0.15, -0.1) is 10.2 Å². The molecule has 0 spiro atoms. The molecular formula is C16H18ClN7. The van der Waals surface area contributed by atoms with Crippen molar-refractivity contribution in [2.75, 3.05) is 31.6 Å². The van der Waals surface area contributed by atoms with Crippen molar-refractivity contribution < 1.29 is 0 Å². The maximum absolute atomic E-state index is 6.09. The molecule has 0 bridgehead atoms. The Kier molecular flexibility index (Phi) is 3.14. The van der Waals surface area contributed by atoms with E-state index in [1.54, 1.807) is 12.5 Å².